The van der Waals surface area contributed by atoms with Crippen molar-refractivity contribution in [1.29, 1.82) is 0 Å². The van der Waals surface area contributed by atoms with E-state index >= 15 is 0 Å². The quantitative estimate of drug-likeness (QED) is 0.723. The molecule has 1 heterocycles. The number of halogens is 1. The molecule has 0 bridgehead atoms. The van der Waals surface area contributed by atoms with Crippen LogP contribution in [0.4, 0.5) is 5.69 Å². The first-order valence-electron chi connectivity index (χ1n) is 9.64. The number of amides is 1. The van der Waals surface area contributed by atoms with Gasteiger partial charge in [0.1, 0.15) is 0 Å². The monoisotopic (exact) mass is 365 g/mol. The van der Waals surface area contributed by atoms with Gasteiger partial charge in [-0.1, -0.05) is 38.3 Å². The molecule has 0 saturated carbocycles. The second-order valence-electron chi connectivity index (χ2n) is 6.87. The van der Waals surface area contributed by atoms with Gasteiger partial charge in [0.25, 0.3) is 0 Å². The molecule has 1 amide bonds. The van der Waals surface area contributed by atoms with Crippen LogP contribution < -0.4 is 10.2 Å². The van der Waals surface area contributed by atoms with Gasteiger partial charge in [0.15, 0.2) is 0 Å². The first-order valence-corrected chi connectivity index (χ1v) is 10.0. The Hall–Kier alpha value is -1.26. The lowest BCUT2D eigenvalue weighted by molar-refractivity contribution is -0.125. The Kier molecular flexibility index (Phi) is 8.56. The van der Waals surface area contributed by atoms with Gasteiger partial charge >= 0.3 is 0 Å². The van der Waals surface area contributed by atoms with Gasteiger partial charge in [-0.05, 0) is 37.1 Å². The second-order valence-corrected chi connectivity index (χ2v) is 7.31. The smallest absolute Gasteiger partial charge is 0.223 e. The molecule has 0 spiro atoms. The normalized spacial score (nSPS) is 15.6. The molecule has 2 rings (SSSR count). The number of piperazine rings is 1. The number of carbonyl (C=O) groups is 1. The van der Waals surface area contributed by atoms with E-state index in [9.17, 15) is 4.79 Å². The molecule has 5 heteroatoms. The van der Waals surface area contributed by atoms with Crippen molar-refractivity contribution in [1.82, 2.24) is 10.2 Å². The Bertz CT molecular complexity index is 506. The van der Waals surface area contributed by atoms with Crippen molar-refractivity contribution in [3.63, 3.8) is 0 Å². The van der Waals surface area contributed by atoms with Crippen LogP contribution in [0.3, 0.4) is 0 Å². The fourth-order valence-electron chi connectivity index (χ4n) is 3.47. The summed E-state index contributed by atoms with van der Waals surface area (Å²) in [5, 5.41) is 3.92. The first-order chi connectivity index (χ1) is 12.1. The lowest BCUT2D eigenvalue weighted by atomic mass is 9.97. The van der Waals surface area contributed by atoms with Crippen molar-refractivity contribution >= 4 is 23.2 Å². The third kappa shape index (κ3) is 6.52. The molecule has 4 nitrogen and oxygen atoms in total. The van der Waals surface area contributed by atoms with Gasteiger partial charge in [-0.3, -0.25) is 9.69 Å². The summed E-state index contributed by atoms with van der Waals surface area (Å²) in [7, 11) is 0. The Morgan fingerprint density at radius 3 is 2.24 bits per heavy atom. The van der Waals surface area contributed by atoms with Crippen molar-refractivity contribution in [2.24, 2.45) is 5.92 Å². The van der Waals surface area contributed by atoms with Gasteiger partial charge in [0, 0.05) is 55.9 Å². The molecule has 1 aliphatic rings. The standard InChI is InChI=1S/C20H32ClN3O/c1-3-5-17(6-4-2)20(25)22-11-12-23-13-15-24(16-14-23)19-9-7-18(21)8-10-19/h7-10,17H,3-6,11-16H2,1-2H3,(H,22,25). The number of carbonyl (C=O) groups excluding carboxylic acids is 1. The topological polar surface area (TPSA) is 35.6 Å². The summed E-state index contributed by atoms with van der Waals surface area (Å²) in [6.07, 6.45) is 4.15. The number of hydrogen-bond acceptors (Lipinski definition) is 3. The van der Waals surface area contributed by atoms with E-state index in [0.29, 0.717) is 0 Å². The maximum Gasteiger partial charge on any atom is 0.223 e. The molecule has 0 atom stereocenters. The molecule has 1 saturated heterocycles. The van der Waals surface area contributed by atoms with Gasteiger partial charge in [-0.2, -0.15) is 0 Å². The molecule has 25 heavy (non-hydrogen) atoms. The highest BCUT2D eigenvalue weighted by Gasteiger charge is 2.19. The molecule has 1 N–H and O–H groups in total. The Balaban J connectivity index is 1.68. The Morgan fingerprint density at radius 1 is 1.08 bits per heavy atom. The van der Waals surface area contributed by atoms with E-state index in [2.05, 4.69) is 41.1 Å². The minimum Gasteiger partial charge on any atom is -0.369 e. The van der Waals surface area contributed by atoms with Crippen LogP contribution in [0, 0.1) is 5.92 Å². The number of rotatable bonds is 9. The molecule has 140 valence electrons. The van der Waals surface area contributed by atoms with E-state index in [1.54, 1.807) is 0 Å². The predicted molar refractivity (Wildman–Crippen MR) is 106 cm³/mol. The number of nitrogens with zero attached hydrogens (tertiary/aromatic N) is 2. The summed E-state index contributed by atoms with van der Waals surface area (Å²) in [5.41, 5.74) is 1.24. The average Bonchev–Trinajstić information content (AvgIpc) is 2.63. The third-order valence-corrected chi connectivity index (χ3v) is 5.19. The van der Waals surface area contributed by atoms with Crippen molar-refractivity contribution in [3.05, 3.63) is 29.3 Å². The summed E-state index contributed by atoms with van der Waals surface area (Å²) in [6.45, 7) is 10.1. The lowest BCUT2D eigenvalue weighted by Crippen LogP contribution is -2.48. The molecule has 1 aromatic rings. The molecule has 1 fully saturated rings. The van der Waals surface area contributed by atoms with Gasteiger partial charge in [-0.15, -0.1) is 0 Å². The Labute approximate surface area is 157 Å². The van der Waals surface area contributed by atoms with Crippen LogP contribution in [0.2, 0.25) is 5.02 Å². The first kappa shape index (κ1) is 20.1. The maximum atomic E-state index is 12.3. The molecule has 1 aromatic carbocycles. The minimum atomic E-state index is 0.191. The fraction of sp³-hybridized carbons (Fsp3) is 0.650. The van der Waals surface area contributed by atoms with Crippen molar-refractivity contribution < 1.29 is 4.79 Å². The zero-order chi connectivity index (χ0) is 18.1. The SMILES string of the molecule is CCCC(CCC)C(=O)NCCN1CCN(c2ccc(Cl)cc2)CC1. The van der Waals surface area contributed by atoms with Crippen LogP contribution in [-0.2, 0) is 4.79 Å². The van der Waals surface area contributed by atoms with E-state index in [4.69, 9.17) is 11.6 Å². The molecule has 0 aliphatic carbocycles. The number of nitrogens with one attached hydrogen (secondary N) is 1. The predicted octanol–water partition coefficient (Wildman–Crippen LogP) is 3.79. The van der Waals surface area contributed by atoms with Crippen LogP contribution in [0.15, 0.2) is 24.3 Å². The van der Waals surface area contributed by atoms with E-state index in [-0.39, 0.29) is 11.8 Å². The zero-order valence-electron chi connectivity index (χ0n) is 15.6. The number of hydrogen-bond donors (Lipinski definition) is 1. The molecule has 1 aliphatic heterocycles. The van der Waals surface area contributed by atoms with Crippen LogP contribution in [0.1, 0.15) is 39.5 Å². The molecular formula is C20H32ClN3O. The summed E-state index contributed by atoms with van der Waals surface area (Å²) in [6, 6.07) is 8.06. The Morgan fingerprint density at radius 2 is 1.68 bits per heavy atom. The van der Waals surface area contributed by atoms with E-state index < -0.39 is 0 Å². The third-order valence-electron chi connectivity index (χ3n) is 4.94. The fourth-order valence-corrected chi connectivity index (χ4v) is 3.59. The van der Waals surface area contributed by atoms with Gasteiger partial charge in [-0.25, -0.2) is 0 Å². The highest BCUT2D eigenvalue weighted by Crippen LogP contribution is 2.19. The summed E-state index contributed by atoms with van der Waals surface area (Å²) in [5.74, 6) is 0.431. The highest BCUT2D eigenvalue weighted by molar-refractivity contribution is 6.30. The van der Waals surface area contributed by atoms with Crippen LogP contribution in [0.25, 0.3) is 0 Å². The highest BCUT2D eigenvalue weighted by atomic mass is 35.5. The van der Waals surface area contributed by atoms with E-state index in [0.717, 1.165) is 70.0 Å². The zero-order valence-corrected chi connectivity index (χ0v) is 16.4. The largest absolute Gasteiger partial charge is 0.369 e. The lowest BCUT2D eigenvalue weighted by Gasteiger charge is -2.36. The molecule has 0 radical (unpaired) electrons. The van der Waals surface area contributed by atoms with Gasteiger partial charge in [0.2, 0.25) is 5.91 Å². The minimum absolute atomic E-state index is 0.191. The van der Waals surface area contributed by atoms with E-state index in [1.807, 2.05) is 12.1 Å². The summed E-state index contributed by atoms with van der Waals surface area (Å²) < 4.78 is 0. The van der Waals surface area contributed by atoms with Gasteiger partial charge < -0.3 is 10.2 Å². The molecule has 0 unspecified atom stereocenters. The number of anilines is 1. The number of benzene rings is 1. The van der Waals surface area contributed by atoms with Crippen molar-refractivity contribution in [3.8, 4) is 0 Å². The molecular weight excluding hydrogens is 334 g/mol. The average molecular weight is 366 g/mol. The van der Waals surface area contributed by atoms with Gasteiger partial charge in [0.05, 0.1) is 0 Å². The van der Waals surface area contributed by atoms with Crippen molar-refractivity contribution in [2.75, 3.05) is 44.2 Å². The second kappa shape index (κ2) is 10.7. The van der Waals surface area contributed by atoms with Crippen molar-refractivity contribution in [2.45, 2.75) is 39.5 Å². The summed E-state index contributed by atoms with van der Waals surface area (Å²) in [4.78, 5) is 17.1. The van der Waals surface area contributed by atoms with E-state index in [1.165, 1.54) is 5.69 Å². The van der Waals surface area contributed by atoms with Crippen LogP contribution >= 0.6 is 11.6 Å². The molecule has 0 aromatic heterocycles. The maximum absolute atomic E-state index is 12.3. The van der Waals surface area contributed by atoms with Crippen LogP contribution in [-0.4, -0.2) is 50.1 Å². The summed E-state index contributed by atoms with van der Waals surface area (Å²) >= 11 is 5.96. The van der Waals surface area contributed by atoms with Crippen LogP contribution in [0.5, 0.6) is 0 Å².